The SMILES string of the molecule is Cc1ccc(CN2C(=O)NC3(CCN(C(=O)c4ccc(N(C)C)cc4)CC3)C2=O)cc1. The van der Waals surface area contributed by atoms with Crippen LogP contribution in [0.15, 0.2) is 48.5 Å². The molecule has 0 aliphatic carbocycles. The molecule has 7 nitrogen and oxygen atoms in total. The quantitative estimate of drug-likeness (QED) is 0.772. The van der Waals surface area contributed by atoms with Crippen LogP contribution < -0.4 is 10.2 Å². The van der Waals surface area contributed by atoms with E-state index in [-0.39, 0.29) is 24.4 Å². The largest absolute Gasteiger partial charge is 0.378 e. The minimum atomic E-state index is -0.909. The summed E-state index contributed by atoms with van der Waals surface area (Å²) in [6, 6.07) is 14.9. The van der Waals surface area contributed by atoms with E-state index >= 15 is 0 Å². The van der Waals surface area contributed by atoms with Gasteiger partial charge in [0.15, 0.2) is 0 Å². The van der Waals surface area contributed by atoms with E-state index in [0.29, 0.717) is 31.5 Å². The van der Waals surface area contributed by atoms with Gasteiger partial charge in [0.25, 0.3) is 11.8 Å². The summed E-state index contributed by atoms with van der Waals surface area (Å²) in [5, 5.41) is 2.91. The Morgan fingerprint density at radius 2 is 1.61 bits per heavy atom. The lowest BCUT2D eigenvalue weighted by Crippen LogP contribution is -2.55. The summed E-state index contributed by atoms with van der Waals surface area (Å²) in [6.45, 7) is 3.11. The molecular formula is C24H28N4O3. The standard InChI is InChI=1S/C24H28N4O3/c1-17-4-6-18(7-5-17)16-28-22(30)24(25-23(28)31)12-14-27(15-13-24)21(29)19-8-10-20(11-9-19)26(2)3/h4-11H,12-16H2,1-3H3,(H,25,31). The van der Waals surface area contributed by atoms with E-state index in [9.17, 15) is 14.4 Å². The Bertz CT molecular complexity index is 990. The first-order valence-electron chi connectivity index (χ1n) is 10.6. The van der Waals surface area contributed by atoms with E-state index in [4.69, 9.17) is 0 Å². The predicted octanol–water partition coefficient (Wildman–Crippen LogP) is 2.79. The van der Waals surface area contributed by atoms with Gasteiger partial charge < -0.3 is 15.1 Å². The first-order chi connectivity index (χ1) is 14.8. The number of nitrogens with zero attached hydrogens (tertiary/aromatic N) is 3. The molecule has 0 atom stereocenters. The zero-order chi connectivity index (χ0) is 22.2. The van der Waals surface area contributed by atoms with Crippen LogP contribution in [-0.4, -0.2) is 60.4 Å². The van der Waals surface area contributed by atoms with Crippen LogP contribution in [0, 0.1) is 6.92 Å². The average molecular weight is 421 g/mol. The highest BCUT2D eigenvalue weighted by atomic mass is 16.2. The van der Waals surface area contributed by atoms with Crippen LogP contribution in [0.3, 0.4) is 0 Å². The minimum absolute atomic E-state index is 0.0477. The van der Waals surface area contributed by atoms with Gasteiger partial charge in [-0.15, -0.1) is 0 Å². The molecule has 2 saturated heterocycles. The van der Waals surface area contributed by atoms with Gasteiger partial charge in [-0.3, -0.25) is 14.5 Å². The molecule has 4 rings (SSSR count). The third-order valence-electron chi connectivity index (χ3n) is 6.24. The third kappa shape index (κ3) is 4.00. The number of imide groups is 1. The number of rotatable bonds is 4. The number of benzene rings is 2. The van der Waals surface area contributed by atoms with Crippen molar-refractivity contribution >= 4 is 23.5 Å². The molecule has 2 heterocycles. The molecule has 0 saturated carbocycles. The molecule has 1 N–H and O–H groups in total. The topological polar surface area (TPSA) is 73.0 Å². The minimum Gasteiger partial charge on any atom is -0.378 e. The molecule has 0 radical (unpaired) electrons. The zero-order valence-electron chi connectivity index (χ0n) is 18.2. The number of piperidine rings is 1. The maximum atomic E-state index is 13.1. The van der Waals surface area contributed by atoms with E-state index < -0.39 is 5.54 Å². The molecule has 31 heavy (non-hydrogen) atoms. The number of hydrogen-bond donors (Lipinski definition) is 1. The molecule has 4 amide bonds. The lowest BCUT2D eigenvalue weighted by Gasteiger charge is -2.37. The van der Waals surface area contributed by atoms with Gasteiger partial charge in [-0.1, -0.05) is 29.8 Å². The Balaban J connectivity index is 1.41. The van der Waals surface area contributed by atoms with E-state index in [1.807, 2.05) is 74.4 Å². The fourth-order valence-corrected chi connectivity index (χ4v) is 4.21. The number of carbonyl (C=O) groups is 3. The van der Waals surface area contributed by atoms with Crippen molar-refractivity contribution in [1.82, 2.24) is 15.1 Å². The van der Waals surface area contributed by atoms with Crippen LogP contribution in [0.1, 0.15) is 34.3 Å². The summed E-state index contributed by atoms with van der Waals surface area (Å²) < 4.78 is 0. The van der Waals surface area contributed by atoms with Gasteiger partial charge in [-0.05, 0) is 49.6 Å². The molecule has 2 aromatic rings. The molecule has 2 fully saturated rings. The number of urea groups is 1. The Kier molecular flexibility index (Phi) is 5.43. The normalized spacial score (nSPS) is 17.8. The van der Waals surface area contributed by atoms with Crippen molar-refractivity contribution in [2.45, 2.75) is 31.8 Å². The molecule has 2 aliphatic rings. The molecule has 2 aromatic carbocycles. The molecule has 0 bridgehead atoms. The number of nitrogens with one attached hydrogen (secondary N) is 1. The fourth-order valence-electron chi connectivity index (χ4n) is 4.21. The van der Waals surface area contributed by atoms with Crippen molar-refractivity contribution in [3.8, 4) is 0 Å². The second-order valence-electron chi connectivity index (χ2n) is 8.62. The predicted molar refractivity (Wildman–Crippen MR) is 119 cm³/mol. The number of anilines is 1. The highest BCUT2D eigenvalue weighted by Crippen LogP contribution is 2.31. The lowest BCUT2D eigenvalue weighted by molar-refractivity contribution is -0.133. The summed E-state index contributed by atoms with van der Waals surface area (Å²) in [5.74, 6) is -0.242. The van der Waals surface area contributed by atoms with E-state index in [1.54, 1.807) is 4.90 Å². The first-order valence-corrected chi connectivity index (χ1v) is 10.6. The summed E-state index contributed by atoms with van der Waals surface area (Å²) in [6.07, 6.45) is 0.840. The van der Waals surface area contributed by atoms with Gasteiger partial charge in [0.2, 0.25) is 0 Å². The van der Waals surface area contributed by atoms with Crippen LogP contribution in [-0.2, 0) is 11.3 Å². The average Bonchev–Trinajstić information content (AvgIpc) is 2.99. The van der Waals surface area contributed by atoms with Crippen LogP contribution in [0.5, 0.6) is 0 Å². The smallest absolute Gasteiger partial charge is 0.325 e. The van der Waals surface area contributed by atoms with Crippen LogP contribution in [0.25, 0.3) is 0 Å². The van der Waals surface area contributed by atoms with E-state index in [1.165, 1.54) is 4.90 Å². The molecule has 7 heteroatoms. The summed E-state index contributed by atoms with van der Waals surface area (Å²) >= 11 is 0. The van der Waals surface area contributed by atoms with Crippen molar-refractivity contribution in [3.05, 3.63) is 65.2 Å². The van der Waals surface area contributed by atoms with Crippen molar-refractivity contribution < 1.29 is 14.4 Å². The summed E-state index contributed by atoms with van der Waals surface area (Å²) in [4.78, 5) is 43.6. The maximum Gasteiger partial charge on any atom is 0.325 e. The highest BCUT2D eigenvalue weighted by Gasteiger charge is 2.52. The van der Waals surface area contributed by atoms with E-state index in [0.717, 1.165) is 16.8 Å². The Labute approximate surface area is 182 Å². The van der Waals surface area contributed by atoms with E-state index in [2.05, 4.69) is 5.32 Å². The molecule has 1 spiro atoms. The number of aryl methyl sites for hydroxylation is 1. The van der Waals surface area contributed by atoms with Crippen molar-refractivity contribution in [2.75, 3.05) is 32.1 Å². The van der Waals surface area contributed by atoms with Crippen molar-refractivity contribution in [2.24, 2.45) is 0 Å². The molecule has 2 aliphatic heterocycles. The van der Waals surface area contributed by atoms with Gasteiger partial charge >= 0.3 is 6.03 Å². The summed E-state index contributed by atoms with van der Waals surface area (Å²) in [5.41, 5.74) is 2.80. The maximum absolute atomic E-state index is 13.1. The molecular weight excluding hydrogens is 392 g/mol. The van der Waals surface area contributed by atoms with Crippen LogP contribution >= 0.6 is 0 Å². The highest BCUT2D eigenvalue weighted by molar-refractivity contribution is 6.07. The number of carbonyl (C=O) groups excluding carboxylic acids is 3. The second-order valence-corrected chi connectivity index (χ2v) is 8.62. The fraction of sp³-hybridized carbons (Fsp3) is 0.375. The Morgan fingerprint density at radius 1 is 1.00 bits per heavy atom. The monoisotopic (exact) mass is 420 g/mol. The zero-order valence-corrected chi connectivity index (χ0v) is 18.2. The van der Waals surface area contributed by atoms with Gasteiger partial charge in [-0.2, -0.15) is 0 Å². The number of hydrogen-bond acceptors (Lipinski definition) is 4. The van der Waals surface area contributed by atoms with Gasteiger partial charge in [0.1, 0.15) is 5.54 Å². The first kappa shape index (κ1) is 20.9. The Morgan fingerprint density at radius 3 is 2.19 bits per heavy atom. The number of likely N-dealkylation sites (tertiary alicyclic amines) is 1. The van der Waals surface area contributed by atoms with Crippen LogP contribution in [0.4, 0.5) is 10.5 Å². The van der Waals surface area contributed by atoms with Gasteiger partial charge in [-0.25, -0.2) is 4.79 Å². The number of amides is 4. The second kappa shape index (κ2) is 8.06. The molecule has 162 valence electrons. The van der Waals surface area contributed by atoms with Crippen molar-refractivity contribution in [3.63, 3.8) is 0 Å². The molecule has 0 aromatic heterocycles. The molecule has 0 unspecified atom stereocenters. The Hall–Kier alpha value is -3.35. The van der Waals surface area contributed by atoms with Crippen molar-refractivity contribution in [1.29, 1.82) is 0 Å². The summed E-state index contributed by atoms with van der Waals surface area (Å²) in [7, 11) is 3.91. The lowest BCUT2D eigenvalue weighted by atomic mass is 9.87. The van der Waals surface area contributed by atoms with Gasteiger partial charge in [0.05, 0.1) is 6.54 Å². The van der Waals surface area contributed by atoms with Gasteiger partial charge in [0, 0.05) is 38.4 Å². The third-order valence-corrected chi connectivity index (χ3v) is 6.24. The van der Waals surface area contributed by atoms with Crippen LogP contribution in [0.2, 0.25) is 0 Å².